The Labute approximate surface area is 102 Å². The summed E-state index contributed by atoms with van der Waals surface area (Å²) < 4.78 is 0. The van der Waals surface area contributed by atoms with Crippen LogP contribution in [0.2, 0.25) is 0 Å². The molecule has 1 saturated heterocycles. The predicted molar refractivity (Wildman–Crippen MR) is 67.4 cm³/mol. The maximum Gasteiger partial charge on any atom is 0.325 e. The third-order valence-electron chi connectivity index (χ3n) is 3.26. The van der Waals surface area contributed by atoms with Crippen molar-refractivity contribution in [3.05, 3.63) is 54.4 Å². The van der Waals surface area contributed by atoms with Crippen molar-refractivity contribution >= 4 is 6.03 Å². The molecule has 88 valence electrons. The molecule has 2 amide bonds. The predicted octanol–water partition coefficient (Wildman–Crippen LogP) is 2.78. The summed E-state index contributed by atoms with van der Waals surface area (Å²) in [6, 6.07) is 10.2. The number of carbonyl (C=O) groups excluding carboxylic acids is 1. The van der Waals surface area contributed by atoms with Crippen molar-refractivity contribution < 1.29 is 4.79 Å². The van der Waals surface area contributed by atoms with Gasteiger partial charge >= 0.3 is 6.03 Å². The molecule has 2 atom stereocenters. The van der Waals surface area contributed by atoms with E-state index < -0.39 is 0 Å². The van der Waals surface area contributed by atoms with Crippen LogP contribution in [0.5, 0.6) is 0 Å². The van der Waals surface area contributed by atoms with Gasteiger partial charge < -0.3 is 4.90 Å². The van der Waals surface area contributed by atoms with Crippen LogP contribution in [0, 0.1) is 0 Å². The molecule has 0 aromatic heterocycles. The first-order valence-electron chi connectivity index (χ1n) is 5.63. The normalized spacial score (nSPS) is 23.8. The van der Waals surface area contributed by atoms with E-state index in [1.165, 1.54) is 0 Å². The van der Waals surface area contributed by atoms with Gasteiger partial charge in [0.25, 0.3) is 0 Å². The van der Waals surface area contributed by atoms with Gasteiger partial charge in [0.05, 0.1) is 18.3 Å². The summed E-state index contributed by atoms with van der Waals surface area (Å²) in [5.74, 6) is 0. The van der Waals surface area contributed by atoms with E-state index in [0.717, 1.165) is 5.56 Å². The fraction of sp³-hybridized carbons (Fsp3) is 0.286. The number of carbonyl (C=O) groups is 1. The summed E-state index contributed by atoms with van der Waals surface area (Å²) in [5, 5.41) is 0. The lowest BCUT2D eigenvalue weighted by Crippen LogP contribution is -2.28. The number of rotatable bonds is 2. The second-order valence-corrected chi connectivity index (χ2v) is 4.23. The van der Waals surface area contributed by atoms with Crippen LogP contribution >= 0.6 is 0 Å². The van der Waals surface area contributed by atoms with E-state index in [4.69, 9.17) is 0 Å². The molecule has 0 aliphatic carbocycles. The molecule has 2 rings (SSSR count). The third-order valence-corrected chi connectivity index (χ3v) is 3.26. The molecule has 3 nitrogen and oxygen atoms in total. The summed E-state index contributed by atoms with van der Waals surface area (Å²) in [6.45, 7) is 5.59. The van der Waals surface area contributed by atoms with Crippen LogP contribution in [0.1, 0.15) is 18.5 Å². The van der Waals surface area contributed by atoms with E-state index >= 15 is 0 Å². The number of urea groups is 1. The quantitative estimate of drug-likeness (QED) is 0.714. The Balaban J connectivity index is 2.43. The first-order chi connectivity index (χ1) is 8.16. The van der Waals surface area contributed by atoms with Crippen LogP contribution in [0.4, 0.5) is 4.79 Å². The van der Waals surface area contributed by atoms with Gasteiger partial charge in [0.15, 0.2) is 0 Å². The highest BCUT2D eigenvalue weighted by atomic mass is 16.2. The molecule has 0 bridgehead atoms. The van der Waals surface area contributed by atoms with E-state index in [9.17, 15) is 4.79 Å². The van der Waals surface area contributed by atoms with Crippen LogP contribution in [-0.2, 0) is 0 Å². The topological polar surface area (TPSA) is 23.6 Å². The third kappa shape index (κ3) is 1.85. The number of hydrogen-bond donors (Lipinski definition) is 0. The van der Waals surface area contributed by atoms with E-state index in [-0.39, 0.29) is 18.1 Å². The molecule has 0 N–H and O–H groups in total. The minimum Gasteiger partial charge on any atom is -0.322 e. The number of hydrogen-bond acceptors (Lipinski definition) is 1. The van der Waals surface area contributed by atoms with Crippen LogP contribution in [0.25, 0.3) is 0 Å². The summed E-state index contributed by atoms with van der Waals surface area (Å²) in [5.41, 5.74) is 3.81. The number of likely N-dealkylation sites (N-methyl/N-ethyl adjacent to an activating group) is 1. The molecule has 3 heteroatoms. The van der Waals surface area contributed by atoms with Gasteiger partial charge in [0.1, 0.15) is 0 Å². The van der Waals surface area contributed by atoms with Crippen molar-refractivity contribution in [1.82, 2.24) is 9.80 Å². The Morgan fingerprint density at radius 2 is 2.00 bits per heavy atom. The zero-order valence-electron chi connectivity index (χ0n) is 10.1. The molecule has 1 fully saturated rings. The minimum atomic E-state index is -0.0116. The molecule has 0 unspecified atom stereocenters. The maximum absolute atomic E-state index is 12.0. The van der Waals surface area contributed by atoms with Crippen LogP contribution < -0.4 is 0 Å². The fourth-order valence-corrected chi connectivity index (χ4v) is 2.24. The molecular weight excluding hydrogens is 212 g/mol. The zero-order valence-corrected chi connectivity index (χ0v) is 10.1. The Kier molecular flexibility index (Phi) is 3.03. The van der Waals surface area contributed by atoms with Gasteiger partial charge in [-0.1, -0.05) is 36.9 Å². The van der Waals surface area contributed by atoms with Crippen LogP contribution in [-0.4, -0.2) is 28.9 Å². The van der Waals surface area contributed by atoms with Gasteiger partial charge in [0, 0.05) is 7.05 Å². The zero-order chi connectivity index (χ0) is 12.4. The van der Waals surface area contributed by atoms with Gasteiger partial charge in [-0.2, -0.15) is 0 Å². The van der Waals surface area contributed by atoms with Crippen molar-refractivity contribution in [3.63, 3.8) is 0 Å². The molecule has 1 aliphatic heterocycles. The molecule has 1 aromatic carbocycles. The molecule has 1 heterocycles. The van der Waals surface area contributed by atoms with E-state index in [1.807, 2.05) is 44.3 Å². The molecule has 0 saturated carbocycles. The molecule has 17 heavy (non-hydrogen) atoms. The minimum absolute atomic E-state index is 0.0116. The van der Waals surface area contributed by atoms with Crippen molar-refractivity contribution in [2.75, 3.05) is 7.05 Å². The van der Waals surface area contributed by atoms with Gasteiger partial charge in [-0.3, -0.25) is 4.90 Å². The molecule has 0 spiro atoms. The molecule has 1 aliphatic rings. The van der Waals surface area contributed by atoms with E-state index in [0.29, 0.717) is 0 Å². The Morgan fingerprint density at radius 1 is 1.35 bits per heavy atom. The van der Waals surface area contributed by atoms with Crippen molar-refractivity contribution in [2.45, 2.75) is 19.0 Å². The summed E-state index contributed by atoms with van der Waals surface area (Å²) in [4.78, 5) is 15.5. The van der Waals surface area contributed by atoms with Gasteiger partial charge in [-0.15, -0.1) is 5.73 Å². The fourth-order valence-electron chi connectivity index (χ4n) is 2.24. The van der Waals surface area contributed by atoms with Crippen molar-refractivity contribution in [1.29, 1.82) is 0 Å². The highest BCUT2D eigenvalue weighted by Crippen LogP contribution is 2.34. The van der Waals surface area contributed by atoms with E-state index in [1.54, 1.807) is 16.0 Å². The summed E-state index contributed by atoms with van der Waals surface area (Å²) in [6.07, 6.45) is 1.62. The van der Waals surface area contributed by atoms with Crippen molar-refractivity contribution in [2.24, 2.45) is 0 Å². The largest absolute Gasteiger partial charge is 0.325 e. The maximum atomic E-state index is 12.0. The lowest BCUT2D eigenvalue weighted by atomic mass is 10.0. The highest BCUT2D eigenvalue weighted by Gasteiger charge is 2.40. The second-order valence-electron chi connectivity index (χ2n) is 4.23. The van der Waals surface area contributed by atoms with E-state index in [2.05, 4.69) is 12.3 Å². The number of benzene rings is 1. The Bertz CT molecular complexity index is 462. The van der Waals surface area contributed by atoms with Crippen LogP contribution in [0.15, 0.2) is 48.8 Å². The Morgan fingerprint density at radius 3 is 2.59 bits per heavy atom. The second kappa shape index (κ2) is 4.48. The van der Waals surface area contributed by atoms with Gasteiger partial charge in [-0.25, -0.2) is 4.79 Å². The molecule has 0 radical (unpaired) electrons. The van der Waals surface area contributed by atoms with Crippen molar-refractivity contribution in [3.8, 4) is 0 Å². The average Bonchev–Trinajstić information content (AvgIpc) is 2.56. The SMILES string of the molecule is C=C=CN1C(=O)N(C)[C@H](C)[C@@H]1c1ccccc1. The average molecular weight is 228 g/mol. The van der Waals surface area contributed by atoms with Crippen LogP contribution in [0.3, 0.4) is 0 Å². The summed E-state index contributed by atoms with van der Waals surface area (Å²) >= 11 is 0. The lowest BCUT2D eigenvalue weighted by molar-refractivity contribution is 0.204. The Hall–Kier alpha value is -1.99. The van der Waals surface area contributed by atoms with Gasteiger partial charge in [0.2, 0.25) is 0 Å². The summed E-state index contributed by atoms with van der Waals surface area (Å²) in [7, 11) is 1.82. The smallest absolute Gasteiger partial charge is 0.322 e. The lowest BCUT2D eigenvalue weighted by Gasteiger charge is -2.22. The van der Waals surface area contributed by atoms with Gasteiger partial charge in [-0.05, 0) is 12.5 Å². The first kappa shape index (κ1) is 11.5. The number of amides is 2. The number of nitrogens with zero attached hydrogens (tertiary/aromatic N) is 2. The first-order valence-corrected chi connectivity index (χ1v) is 5.63. The monoisotopic (exact) mass is 228 g/mol. The standard InChI is InChI=1S/C14H16N2O/c1-4-10-16-13(11(2)15(3)14(16)17)12-8-6-5-7-9-12/h5-11,13H,1H2,2-3H3/t11-,13-/m1/s1. The highest BCUT2D eigenvalue weighted by molar-refractivity contribution is 5.79. The molecule has 1 aromatic rings. The molecular formula is C14H16N2O.